The van der Waals surface area contributed by atoms with E-state index in [0.29, 0.717) is 16.8 Å². The van der Waals surface area contributed by atoms with Crippen molar-refractivity contribution in [2.24, 2.45) is 13.0 Å². The van der Waals surface area contributed by atoms with Crippen molar-refractivity contribution in [2.45, 2.75) is 79.2 Å². The quantitative estimate of drug-likeness (QED) is 0.409. The molecule has 162 valence electrons. The summed E-state index contributed by atoms with van der Waals surface area (Å²) in [6.45, 7) is 9.92. The second-order valence-corrected chi connectivity index (χ2v) is 8.08. The van der Waals surface area contributed by atoms with Gasteiger partial charge in [0.2, 0.25) is 5.91 Å². The molecular weight excluding hydrogens is 368 g/mol. The summed E-state index contributed by atoms with van der Waals surface area (Å²) in [5.41, 5.74) is 2.31. The molecule has 0 N–H and O–H groups in total. The maximum Gasteiger partial charge on any atom is 0.355 e. The molecule has 1 amide bonds. The second-order valence-electron chi connectivity index (χ2n) is 8.08. The van der Waals surface area contributed by atoms with E-state index in [4.69, 9.17) is 4.74 Å². The van der Waals surface area contributed by atoms with Gasteiger partial charge in [0.05, 0.1) is 13.2 Å². The Hall–Kier alpha value is -2.11. The summed E-state index contributed by atoms with van der Waals surface area (Å²) >= 11 is 0. The highest BCUT2D eigenvalue weighted by Gasteiger charge is 2.37. The van der Waals surface area contributed by atoms with Crippen LogP contribution in [0.1, 0.15) is 91.4 Å². The van der Waals surface area contributed by atoms with Gasteiger partial charge in [-0.05, 0) is 52.0 Å². The number of ketones is 1. The van der Waals surface area contributed by atoms with Crippen molar-refractivity contribution in [1.29, 1.82) is 0 Å². The predicted molar refractivity (Wildman–Crippen MR) is 113 cm³/mol. The molecule has 0 aliphatic heterocycles. The molecule has 1 heterocycles. The van der Waals surface area contributed by atoms with Crippen molar-refractivity contribution in [1.82, 2.24) is 9.47 Å². The van der Waals surface area contributed by atoms with Crippen molar-refractivity contribution in [3.05, 3.63) is 22.5 Å². The van der Waals surface area contributed by atoms with Crippen LogP contribution in [0.2, 0.25) is 0 Å². The van der Waals surface area contributed by atoms with E-state index in [1.807, 2.05) is 13.8 Å². The number of hydrogen-bond acceptors (Lipinski definition) is 4. The monoisotopic (exact) mass is 404 g/mol. The van der Waals surface area contributed by atoms with E-state index in [1.54, 1.807) is 30.4 Å². The first kappa shape index (κ1) is 23.2. The fraction of sp³-hybridized carbons (Fsp3) is 0.696. The number of amides is 1. The van der Waals surface area contributed by atoms with E-state index in [9.17, 15) is 14.4 Å². The SMILES string of the molecule is CCCCC(CC)C(=O)N(CC(=O)c1c(C)c(C(=O)OCC)n(C)c1C)C1CC1. The lowest BCUT2D eigenvalue weighted by Crippen LogP contribution is -2.41. The molecule has 1 atom stereocenters. The summed E-state index contributed by atoms with van der Waals surface area (Å²) in [5.74, 6) is -0.433. The van der Waals surface area contributed by atoms with Crippen LogP contribution in [0.3, 0.4) is 0 Å². The first-order valence-corrected chi connectivity index (χ1v) is 10.9. The molecule has 1 fully saturated rings. The van der Waals surface area contributed by atoms with Crippen LogP contribution in [0, 0.1) is 19.8 Å². The molecule has 0 saturated heterocycles. The molecule has 0 bridgehead atoms. The Balaban J connectivity index is 2.26. The average Bonchev–Trinajstić information content (AvgIpc) is 3.48. The van der Waals surface area contributed by atoms with Gasteiger partial charge in [0.1, 0.15) is 5.69 Å². The first-order chi connectivity index (χ1) is 13.8. The molecule has 1 unspecified atom stereocenters. The number of carbonyl (C=O) groups is 3. The van der Waals surface area contributed by atoms with E-state index in [2.05, 4.69) is 6.92 Å². The van der Waals surface area contributed by atoms with Crippen LogP contribution in [-0.2, 0) is 16.6 Å². The molecule has 1 aromatic heterocycles. The number of carbonyl (C=O) groups excluding carboxylic acids is 3. The normalized spacial score (nSPS) is 14.6. The van der Waals surface area contributed by atoms with Gasteiger partial charge in [0, 0.05) is 30.3 Å². The topological polar surface area (TPSA) is 68.6 Å². The van der Waals surface area contributed by atoms with Crippen LogP contribution in [0.5, 0.6) is 0 Å². The van der Waals surface area contributed by atoms with Gasteiger partial charge < -0.3 is 14.2 Å². The van der Waals surface area contributed by atoms with Gasteiger partial charge >= 0.3 is 5.97 Å². The van der Waals surface area contributed by atoms with Gasteiger partial charge in [0.25, 0.3) is 0 Å². The maximum absolute atomic E-state index is 13.2. The van der Waals surface area contributed by atoms with Gasteiger partial charge in [0.15, 0.2) is 5.78 Å². The molecule has 6 nitrogen and oxygen atoms in total. The predicted octanol–water partition coefficient (Wildman–Crippen LogP) is 4.21. The van der Waals surface area contributed by atoms with Crippen LogP contribution >= 0.6 is 0 Å². The van der Waals surface area contributed by atoms with E-state index < -0.39 is 5.97 Å². The number of esters is 1. The minimum atomic E-state index is -0.421. The van der Waals surface area contributed by atoms with Crippen molar-refractivity contribution < 1.29 is 19.1 Å². The maximum atomic E-state index is 13.2. The second kappa shape index (κ2) is 10.1. The minimum absolute atomic E-state index is 0.0172. The lowest BCUT2D eigenvalue weighted by molar-refractivity contribution is -0.136. The summed E-state index contributed by atoms with van der Waals surface area (Å²) in [7, 11) is 1.77. The molecule has 29 heavy (non-hydrogen) atoms. The Labute approximate surface area is 174 Å². The van der Waals surface area contributed by atoms with E-state index in [1.165, 1.54) is 0 Å². The lowest BCUT2D eigenvalue weighted by atomic mass is 9.97. The van der Waals surface area contributed by atoms with Crippen LogP contribution in [0.25, 0.3) is 0 Å². The zero-order chi connectivity index (χ0) is 21.7. The molecule has 6 heteroatoms. The zero-order valence-corrected chi connectivity index (χ0v) is 18.8. The van der Waals surface area contributed by atoms with E-state index in [0.717, 1.165) is 44.2 Å². The van der Waals surface area contributed by atoms with Crippen molar-refractivity contribution in [2.75, 3.05) is 13.2 Å². The number of hydrogen-bond donors (Lipinski definition) is 0. The molecular formula is C23H36N2O4. The van der Waals surface area contributed by atoms with Crippen LogP contribution in [0.15, 0.2) is 0 Å². The third-order valence-corrected chi connectivity index (χ3v) is 6.01. The molecule has 0 spiro atoms. The van der Waals surface area contributed by atoms with Crippen LogP contribution in [0.4, 0.5) is 0 Å². The Kier molecular flexibility index (Phi) is 8.05. The number of aromatic nitrogens is 1. The highest BCUT2D eigenvalue weighted by atomic mass is 16.5. The summed E-state index contributed by atoms with van der Waals surface area (Å²) in [6, 6.07) is 0.177. The number of rotatable bonds is 11. The molecule has 1 saturated carbocycles. The van der Waals surface area contributed by atoms with Crippen molar-refractivity contribution in [3.8, 4) is 0 Å². The van der Waals surface area contributed by atoms with E-state index >= 15 is 0 Å². The largest absolute Gasteiger partial charge is 0.461 e. The zero-order valence-electron chi connectivity index (χ0n) is 18.8. The highest BCUT2D eigenvalue weighted by Crippen LogP contribution is 2.31. The molecule has 2 rings (SSSR count). The molecule has 0 radical (unpaired) electrons. The Bertz CT molecular complexity index is 761. The standard InChI is InChI=1S/C23H36N2O4/c1-7-10-11-17(8-2)22(27)25(18-12-13-18)14-19(26)20-15(4)21(23(28)29-9-3)24(6)16(20)5/h17-18H,7-14H2,1-6H3. The van der Waals surface area contributed by atoms with Gasteiger partial charge in [-0.1, -0.05) is 26.7 Å². The summed E-state index contributed by atoms with van der Waals surface area (Å²) in [6.07, 6.45) is 5.68. The Morgan fingerprint density at radius 1 is 1.17 bits per heavy atom. The van der Waals surface area contributed by atoms with Gasteiger partial charge in [-0.15, -0.1) is 0 Å². The van der Waals surface area contributed by atoms with Gasteiger partial charge in [-0.25, -0.2) is 4.79 Å². The number of ether oxygens (including phenoxy) is 1. The fourth-order valence-corrected chi connectivity index (χ4v) is 4.07. The van der Waals surface area contributed by atoms with Gasteiger partial charge in [-0.2, -0.15) is 0 Å². The Morgan fingerprint density at radius 2 is 1.83 bits per heavy atom. The smallest absolute Gasteiger partial charge is 0.355 e. The number of nitrogens with zero attached hydrogens (tertiary/aromatic N) is 2. The minimum Gasteiger partial charge on any atom is -0.461 e. The molecule has 0 aromatic carbocycles. The summed E-state index contributed by atoms with van der Waals surface area (Å²) < 4.78 is 6.88. The van der Waals surface area contributed by atoms with Crippen LogP contribution in [-0.4, -0.2) is 46.3 Å². The Morgan fingerprint density at radius 3 is 2.34 bits per heavy atom. The van der Waals surface area contributed by atoms with Crippen molar-refractivity contribution in [3.63, 3.8) is 0 Å². The average molecular weight is 405 g/mol. The van der Waals surface area contributed by atoms with Gasteiger partial charge in [-0.3, -0.25) is 9.59 Å². The van der Waals surface area contributed by atoms with Crippen molar-refractivity contribution >= 4 is 17.7 Å². The molecule has 1 aliphatic rings. The highest BCUT2D eigenvalue weighted by molar-refractivity contribution is 6.04. The summed E-state index contributed by atoms with van der Waals surface area (Å²) in [4.78, 5) is 40.5. The third kappa shape index (κ3) is 5.09. The molecule has 1 aromatic rings. The van der Waals surface area contributed by atoms with Crippen LogP contribution < -0.4 is 0 Å². The lowest BCUT2D eigenvalue weighted by Gasteiger charge is -2.26. The number of Topliss-reactive ketones (excluding diaryl/α,β-unsaturated/α-hetero) is 1. The first-order valence-electron chi connectivity index (χ1n) is 10.9. The summed E-state index contributed by atoms with van der Waals surface area (Å²) in [5, 5.41) is 0. The number of unbranched alkanes of at least 4 members (excludes halogenated alkanes) is 1. The fourth-order valence-electron chi connectivity index (χ4n) is 4.07. The third-order valence-electron chi connectivity index (χ3n) is 6.01. The van der Waals surface area contributed by atoms with E-state index in [-0.39, 0.29) is 36.8 Å². The molecule has 1 aliphatic carbocycles.